The van der Waals surface area contributed by atoms with Gasteiger partial charge in [-0.05, 0) is 37.8 Å². The number of hydrogen-bond acceptors (Lipinski definition) is 3. The van der Waals surface area contributed by atoms with E-state index in [2.05, 4.69) is 18.8 Å². The standard InChI is InChI=1S/C13H19N3O/c1-9-5-7-16(10(2)8-9)13(17)11-4-3-6-15-12(11)14/h3-4,6,9-10H,5,7-8H2,1-2H3,(H2,14,15). The Balaban J connectivity index is 2.18. The Kier molecular flexibility index (Phi) is 3.31. The van der Waals surface area contributed by atoms with Crippen molar-refractivity contribution >= 4 is 11.7 Å². The molecule has 0 aliphatic carbocycles. The summed E-state index contributed by atoms with van der Waals surface area (Å²) in [5, 5.41) is 0. The van der Waals surface area contributed by atoms with Crippen molar-refractivity contribution in [2.75, 3.05) is 12.3 Å². The molecule has 17 heavy (non-hydrogen) atoms. The highest BCUT2D eigenvalue weighted by Gasteiger charge is 2.28. The molecule has 92 valence electrons. The second-order valence-corrected chi connectivity index (χ2v) is 4.91. The average molecular weight is 233 g/mol. The minimum Gasteiger partial charge on any atom is -0.383 e. The van der Waals surface area contributed by atoms with Gasteiger partial charge in [-0.25, -0.2) is 4.98 Å². The van der Waals surface area contributed by atoms with Crippen LogP contribution in [0.4, 0.5) is 5.82 Å². The van der Waals surface area contributed by atoms with Crippen LogP contribution in [-0.4, -0.2) is 28.4 Å². The lowest BCUT2D eigenvalue weighted by Crippen LogP contribution is -2.44. The van der Waals surface area contributed by atoms with E-state index in [0.29, 0.717) is 17.3 Å². The molecule has 1 fully saturated rings. The Morgan fingerprint density at radius 2 is 2.29 bits per heavy atom. The molecule has 1 amide bonds. The number of nitrogens with two attached hydrogens (primary N) is 1. The Morgan fingerprint density at radius 1 is 1.53 bits per heavy atom. The Hall–Kier alpha value is -1.58. The third-order valence-corrected chi connectivity index (χ3v) is 3.47. The van der Waals surface area contributed by atoms with E-state index in [1.54, 1.807) is 18.3 Å². The van der Waals surface area contributed by atoms with Crippen LogP contribution < -0.4 is 5.73 Å². The van der Waals surface area contributed by atoms with Crippen LogP contribution in [0.5, 0.6) is 0 Å². The first-order valence-corrected chi connectivity index (χ1v) is 6.11. The summed E-state index contributed by atoms with van der Waals surface area (Å²) in [5.74, 6) is 1.03. The van der Waals surface area contributed by atoms with E-state index >= 15 is 0 Å². The van der Waals surface area contributed by atoms with Gasteiger partial charge in [0, 0.05) is 18.8 Å². The van der Waals surface area contributed by atoms with Crippen LogP contribution in [0.1, 0.15) is 37.0 Å². The van der Waals surface area contributed by atoms with Crippen LogP contribution >= 0.6 is 0 Å². The molecular weight excluding hydrogens is 214 g/mol. The van der Waals surface area contributed by atoms with E-state index < -0.39 is 0 Å². The Labute approximate surface area is 102 Å². The average Bonchev–Trinajstić information content (AvgIpc) is 2.29. The van der Waals surface area contributed by atoms with Crippen LogP contribution in [0.15, 0.2) is 18.3 Å². The minimum absolute atomic E-state index is 0.00926. The van der Waals surface area contributed by atoms with E-state index in [9.17, 15) is 4.79 Å². The van der Waals surface area contributed by atoms with Crippen LogP contribution in [0.3, 0.4) is 0 Å². The zero-order valence-corrected chi connectivity index (χ0v) is 10.4. The van der Waals surface area contributed by atoms with Crippen molar-refractivity contribution in [2.24, 2.45) is 5.92 Å². The Morgan fingerprint density at radius 3 is 2.94 bits per heavy atom. The number of piperidine rings is 1. The van der Waals surface area contributed by atoms with Gasteiger partial charge in [0.25, 0.3) is 5.91 Å². The number of carbonyl (C=O) groups is 1. The van der Waals surface area contributed by atoms with E-state index in [0.717, 1.165) is 19.4 Å². The van der Waals surface area contributed by atoms with Crippen molar-refractivity contribution < 1.29 is 4.79 Å². The number of rotatable bonds is 1. The minimum atomic E-state index is 0.00926. The molecule has 1 aromatic heterocycles. The summed E-state index contributed by atoms with van der Waals surface area (Å²) in [4.78, 5) is 18.2. The lowest BCUT2D eigenvalue weighted by atomic mass is 9.93. The van der Waals surface area contributed by atoms with Crippen LogP contribution in [0.25, 0.3) is 0 Å². The fourth-order valence-electron chi connectivity index (χ4n) is 2.46. The van der Waals surface area contributed by atoms with Gasteiger partial charge in [0.05, 0.1) is 5.56 Å². The number of nitrogen functional groups attached to an aromatic ring is 1. The molecule has 4 nitrogen and oxygen atoms in total. The normalized spacial score (nSPS) is 24.7. The summed E-state index contributed by atoms with van der Waals surface area (Å²) >= 11 is 0. The van der Waals surface area contributed by atoms with Gasteiger partial charge in [-0.2, -0.15) is 0 Å². The maximum atomic E-state index is 12.3. The molecule has 0 spiro atoms. The van der Waals surface area contributed by atoms with Gasteiger partial charge in [0.15, 0.2) is 0 Å². The van der Waals surface area contributed by atoms with E-state index in [1.807, 2.05) is 4.90 Å². The number of aromatic nitrogens is 1. The fourth-order valence-corrected chi connectivity index (χ4v) is 2.46. The van der Waals surface area contributed by atoms with Crippen LogP contribution in [0.2, 0.25) is 0 Å². The highest BCUT2D eigenvalue weighted by molar-refractivity contribution is 5.98. The monoisotopic (exact) mass is 233 g/mol. The summed E-state index contributed by atoms with van der Waals surface area (Å²) in [6.45, 7) is 5.15. The molecular formula is C13H19N3O. The summed E-state index contributed by atoms with van der Waals surface area (Å²) in [7, 11) is 0. The molecule has 1 saturated heterocycles. The van der Waals surface area contributed by atoms with Crippen molar-refractivity contribution in [3.63, 3.8) is 0 Å². The van der Waals surface area contributed by atoms with Gasteiger partial charge in [-0.15, -0.1) is 0 Å². The van der Waals surface area contributed by atoms with Gasteiger partial charge in [0.1, 0.15) is 5.82 Å². The van der Waals surface area contributed by atoms with Crippen molar-refractivity contribution in [3.05, 3.63) is 23.9 Å². The third kappa shape index (κ3) is 2.40. The fraction of sp³-hybridized carbons (Fsp3) is 0.538. The van der Waals surface area contributed by atoms with E-state index in [1.165, 1.54) is 0 Å². The van der Waals surface area contributed by atoms with Gasteiger partial charge in [-0.3, -0.25) is 4.79 Å². The van der Waals surface area contributed by atoms with Crippen molar-refractivity contribution in [1.82, 2.24) is 9.88 Å². The SMILES string of the molecule is CC1CCN(C(=O)c2cccnc2N)C(C)C1. The Bertz CT molecular complexity index is 419. The van der Waals surface area contributed by atoms with Gasteiger partial charge in [0.2, 0.25) is 0 Å². The summed E-state index contributed by atoms with van der Waals surface area (Å²) in [5.41, 5.74) is 6.26. The number of likely N-dealkylation sites (tertiary alicyclic amines) is 1. The number of anilines is 1. The summed E-state index contributed by atoms with van der Waals surface area (Å²) in [6, 6.07) is 3.78. The van der Waals surface area contributed by atoms with Crippen molar-refractivity contribution in [1.29, 1.82) is 0 Å². The molecule has 2 unspecified atom stereocenters. The molecule has 2 heterocycles. The molecule has 0 bridgehead atoms. The van der Waals surface area contributed by atoms with Gasteiger partial charge < -0.3 is 10.6 Å². The first-order chi connectivity index (χ1) is 8.09. The van der Waals surface area contributed by atoms with Crippen molar-refractivity contribution in [3.8, 4) is 0 Å². The van der Waals surface area contributed by atoms with Gasteiger partial charge in [-0.1, -0.05) is 6.92 Å². The molecule has 0 radical (unpaired) electrons. The molecule has 1 aromatic rings. The smallest absolute Gasteiger partial charge is 0.257 e. The molecule has 2 atom stereocenters. The molecule has 1 aliphatic heterocycles. The third-order valence-electron chi connectivity index (χ3n) is 3.47. The van der Waals surface area contributed by atoms with E-state index in [-0.39, 0.29) is 11.9 Å². The zero-order chi connectivity index (χ0) is 12.4. The molecule has 0 aromatic carbocycles. The zero-order valence-electron chi connectivity index (χ0n) is 10.4. The number of carbonyl (C=O) groups excluding carboxylic acids is 1. The first-order valence-electron chi connectivity index (χ1n) is 6.11. The second kappa shape index (κ2) is 4.73. The number of nitrogens with zero attached hydrogens (tertiary/aromatic N) is 2. The second-order valence-electron chi connectivity index (χ2n) is 4.91. The quantitative estimate of drug-likeness (QED) is 0.806. The summed E-state index contributed by atoms with van der Waals surface area (Å²) < 4.78 is 0. The largest absolute Gasteiger partial charge is 0.383 e. The summed E-state index contributed by atoms with van der Waals surface area (Å²) in [6.07, 6.45) is 3.73. The molecule has 1 aliphatic rings. The molecule has 0 saturated carbocycles. The topological polar surface area (TPSA) is 59.2 Å². The maximum absolute atomic E-state index is 12.3. The highest BCUT2D eigenvalue weighted by atomic mass is 16.2. The lowest BCUT2D eigenvalue weighted by molar-refractivity contribution is 0.0589. The lowest BCUT2D eigenvalue weighted by Gasteiger charge is -2.36. The number of amides is 1. The molecule has 2 N–H and O–H groups in total. The first kappa shape index (κ1) is 11.9. The number of pyridine rings is 1. The van der Waals surface area contributed by atoms with E-state index in [4.69, 9.17) is 5.73 Å². The highest BCUT2D eigenvalue weighted by Crippen LogP contribution is 2.24. The predicted molar refractivity (Wildman–Crippen MR) is 67.5 cm³/mol. The van der Waals surface area contributed by atoms with Crippen molar-refractivity contribution in [2.45, 2.75) is 32.7 Å². The van der Waals surface area contributed by atoms with Gasteiger partial charge >= 0.3 is 0 Å². The number of hydrogen-bond donors (Lipinski definition) is 1. The van der Waals surface area contributed by atoms with Crippen LogP contribution in [-0.2, 0) is 0 Å². The predicted octanol–water partition coefficient (Wildman–Crippen LogP) is 1.92. The maximum Gasteiger partial charge on any atom is 0.257 e. The van der Waals surface area contributed by atoms with Crippen LogP contribution in [0, 0.1) is 5.92 Å². The molecule has 2 rings (SSSR count). The molecule has 4 heteroatoms.